The third-order valence-electron chi connectivity index (χ3n) is 9.30. The SMILES string of the molecule is C.CC1(C)C(=O)CC[C@]2(C)C3CC[C@]4(C)C(O)CCC4[C@@H]3CCC12.CCC. The summed E-state index contributed by atoms with van der Waals surface area (Å²) in [5.41, 5.74) is 0.382. The van der Waals surface area contributed by atoms with Gasteiger partial charge in [-0.15, -0.1) is 0 Å². The highest BCUT2D eigenvalue weighted by Gasteiger charge is 2.62. The minimum Gasteiger partial charge on any atom is -0.393 e. The number of Topliss-reactive ketones (excluding diaryl/α,β-unsaturated/α-hetero) is 1. The highest BCUT2D eigenvalue weighted by Crippen LogP contribution is 2.68. The molecule has 4 unspecified atom stereocenters. The zero-order valence-corrected chi connectivity index (χ0v) is 18.1. The summed E-state index contributed by atoms with van der Waals surface area (Å²) in [6.45, 7) is 13.5. The molecule has 0 aromatic carbocycles. The van der Waals surface area contributed by atoms with Gasteiger partial charge in [0.1, 0.15) is 5.78 Å². The van der Waals surface area contributed by atoms with Crippen molar-refractivity contribution >= 4 is 5.78 Å². The minimum absolute atomic E-state index is 0. The summed E-state index contributed by atoms with van der Waals surface area (Å²) >= 11 is 0. The zero-order chi connectivity index (χ0) is 19.3. The molecule has 4 fully saturated rings. The highest BCUT2D eigenvalue weighted by molar-refractivity contribution is 5.85. The molecule has 7 atom stereocenters. The van der Waals surface area contributed by atoms with E-state index < -0.39 is 0 Å². The number of rotatable bonds is 0. The highest BCUT2D eigenvalue weighted by atomic mass is 16.3. The summed E-state index contributed by atoms with van der Waals surface area (Å²) in [4.78, 5) is 12.5. The van der Waals surface area contributed by atoms with Crippen molar-refractivity contribution in [1.82, 2.24) is 0 Å². The van der Waals surface area contributed by atoms with Gasteiger partial charge in [0.25, 0.3) is 0 Å². The van der Waals surface area contributed by atoms with Gasteiger partial charge in [-0.05, 0) is 79.4 Å². The Morgan fingerprint density at radius 3 is 2.11 bits per heavy atom. The van der Waals surface area contributed by atoms with E-state index in [2.05, 4.69) is 41.5 Å². The van der Waals surface area contributed by atoms with Gasteiger partial charge in [-0.3, -0.25) is 4.79 Å². The molecule has 4 aliphatic carbocycles. The maximum absolute atomic E-state index is 12.5. The Morgan fingerprint density at radius 1 is 0.889 bits per heavy atom. The molecule has 0 aromatic heterocycles. The van der Waals surface area contributed by atoms with Crippen LogP contribution in [-0.4, -0.2) is 17.0 Å². The van der Waals surface area contributed by atoms with Crippen molar-refractivity contribution in [2.24, 2.45) is 39.9 Å². The lowest BCUT2D eigenvalue weighted by molar-refractivity contribution is -0.166. The van der Waals surface area contributed by atoms with E-state index in [9.17, 15) is 9.90 Å². The van der Waals surface area contributed by atoms with Crippen molar-refractivity contribution in [3.05, 3.63) is 0 Å². The van der Waals surface area contributed by atoms with Crippen LogP contribution in [0.15, 0.2) is 0 Å². The fourth-order valence-corrected chi connectivity index (χ4v) is 7.87. The van der Waals surface area contributed by atoms with Crippen LogP contribution >= 0.6 is 0 Å². The fourth-order valence-electron chi connectivity index (χ4n) is 7.87. The number of aliphatic hydroxyl groups is 1. The largest absolute Gasteiger partial charge is 0.393 e. The second kappa shape index (κ2) is 7.81. The van der Waals surface area contributed by atoms with Crippen LogP contribution in [0.5, 0.6) is 0 Å². The predicted octanol–water partition coefficient (Wildman–Crippen LogP) is 6.65. The Hall–Kier alpha value is -0.370. The van der Waals surface area contributed by atoms with E-state index in [4.69, 9.17) is 0 Å². The first-order valence-corrected chi connectivity index (χ1v) is 11.3. The standard InChI is InChI=1S/C21H34O2.C3H8.CH4/c1-19(2)16-7-5-13-14-6-8-18(23)21(14,4)11-9-15(13)20(16,3)12-10-17(19)22;1-3-2;/h13-16,18,23H,5-12H2,1-4H3;3H2,1-2H3;1H4/t13-,14?,15?,16?,18?,20+,21-;;/m0../s1. The summed E-state index contributed by atoms with van der Waals surface area (Å²) in [5, 5.41) is 10.5. The van der Waals surface area contributed by atoms with Gasteiger partial charge in [0.15, 0.2) is 0 Å². The molecule has 0 amide bonds. The maximum Gasteiger partial charge on any atom is 0.138 e. The van der Waals surface area contributed by atoms with Crippen LogP contribution < -0.4 is 0 Å². The lowest BCUT2D eigenvalue weighted by atomic mass is 9.41. The molecule has 27 heavy (non-hydrogen) atoms. The van der Waals surface area contributed by atoms with Crippen molar-refractivity contribution < 1.29 is 9.90 Å². The number of carbonyl (C=O) groups is 1. The van der Waals surface area contributed by atoms with Crippen LogP contribution in [0.1, 0.15) is 107 Å². The lowest BCUT2D eigenvalue weighted by Crippen LogP contribution is -2.58. The molecule has 1 N–H and O–H groups in total. The van der Waals surface area contributed by atoms with Gasteiger partial charge in [-0.25, -0.2) is 0 Å². The van der Waals surface area contributed by atoms with Crippen LogP contribution in [0.3, 0.4) is 0 Å². The minimum atomic E-state index is -0.131. The Balaban J connectivity index is 0.000000614. The molecular formula is C25H46O2. The van der Waals surface area contributed by atoms with Crippen molar-refractivity contribution in [2.45, 2.75) is 113 Å². The molecule has 0 spiro atoms. The monoisotopic (exact) mass is 378 g/mol. The summed E-state index contributed by atoms with van der Waals surface area (Å²) in [6, 6.07) is 0. The molecule has 0 saturated heterocycles. The van der Waals surface area contributed by atoms with E-state index in [0.717, 1.165) is 37.0 Å². The van der Waals surface area contributed by atoms with Gasteiger partial charge in [0.05, 0.1) is 6.10 Å². The molecule has 0 aliphatic heterocycles. The van der Waals surface area contributed by atoms with E-state index in [-0.39, 0.29) is 24.4 Å². The number of hydrogen-bond donors (Lipinski definition) is 1. The van der Waals surface area contributed by atoms with E-state index >= 15 is 0 Å². The molecule has 4 aliphatic rings. The van der Waals surface area contributed by atoms with Gasteiger partial charge in [-0.2, -0.15) is 0 Å². The van der Waals surface area contributed by atoms with E-state index in [1.165, 1.54) is 38.5 Å². The number of carbonyl (C=O) groups excluding carboxylic acids is 1. The molecule has 0 radical (unpaired) electrons. The van der Waals surface area contributed by atoms with Crippen LogP contribution in [-0.2, 0) is 4.79 Å². The van der Waals surface area contributed by atoms with Gasteiger partial charge in [0, 0.05) is 11.8 Å². The first kappa shape index (κ1) is 22.9. The molecule has 2 nitrogen and oxygen atoms in total. The molecule has 4 rings (SSSR count). The average molecular weight is 379 g/mol. The fraction of sp³-hybridized carbons (Fsp3) is 0.960. The third kappa shape index (κ3) is 3.32. The Bertz CT molecular complexity index is 538. The van der Waals surface area contributed by atoms with Gasteiger partial charge in [0.2, 0.25) is 0 Å². The smallest absolute Gasteiger partial charge is 0.138 e. The van der Waals surface area contributed by atoms with Crippen molar-refractivity contribution in [1.29, 1.82) is 0 Å². The van der Waals surface area contributed by atoms with Gasteiger partial charge < -0.3 is 5.11 Å². The number of aliphatic hydroxyl groups excluding tert-OH is 1. The molecule has 4 saturated carbocycles. The summed E-state index contributed by atoms with van der Waals surface area (Å²) in [7, 11) is 0. The van der Waals surface area contributed by atoms with Crippen molar-refractivity contribution in [2.75, 3.05) is 0 Å². The molecule has 0 aromatic rings. The van der Waals surface area contributed by atoms with Crippen molar-refractivity contribution in [3.63, 3.8) is 0 Å². The quantitative estimate of drug-likeness (QED) is 0.512. The Morgan fingerprint density at radius 2 is 1.48 bits per heavy atom. The van der Waals surface area contributed by atoms with Crippen LogP contribution in [0.4, 0.5) is 0 Å². The van der Waals surface area contributed by atoms with E-state index in [1.807, 2.05) is 0 Å². The lowest BCUT2D eigenvalue weighted by Gasteiger charge is -2.63. The molecular weight excluding hydrogens is 332 g/mol. The number of ketones is 1. The maximum atomic E-state index is 12.5. The summed E-state index contributed by atoms with van der Waals surface area (Å²) < 4.78 is 0. The molecule has 0 bridgehead atoms. The Kier molecular flexibility index (Phi) is 6.62. The molecule has 2 heteroatoms. The van der Waals surface area contributed by atoms with Crippen LogP contribution in [0.25, 0.3) is 0 Å². The van der Waals surface area contributed by atoms with Gasteiger partial charge in [-0.1, -0.05) is 55.4 Å². The number of hydrogen-bond acceptors (Lipinski definition) is 2. The zero-order valence-electron chi connectivity index (χ0n) is 18.1. The summed E-state index contributed by atoms with van der Waals surface area (Å²) in [6.07, 6.45) is 10.3. The molecule has 0 heterocycles. The van der Waals surface area contributed by atoms with Crippen molar-refractivity contribution in [3.8, 4) is 0 Å². The first-order chi connectivity index (χ1) is 12.1. The normalized spacial score (nSPS) is 47.5. The number of fused-ring (bicyclic) bond motifs is 5. The van der Waals surface area contributed by atoms with E-state index in [1.54, 1.807) is 0 Å². The predicted molar refractivity (Wildman–Crippen MR) is 115 cm³/mol. The van der Waals surface area contributed by atoms with E-state index in [0.29, 0.717) is 17.1 Å². The van der Waals surface area contributed by atoms with Gasteiger partial charge >= 0.3 is 0 Å². The Labute approximate surface area is 168 Å². The topological polar surface area (TPSA) is 37.3 Å². The summed E-state index contributed by atoms with van der Waals surface area (Å²) in [5.74, 6) is 3.34. The second-order valence-electron chi connectivity index (χ2n) is 11.0. The first-order valence-electron chi connectivity index (χ1n) is 11.3. The molecule has 158 valence electrons. The second-order valence-corrected chi connectivity index (χ2v) is 11.0. The van der Waals surface area contributed by atoms with Crippen LogP contribution in [0.2, 0.25) is 0 Å². The average Bonchev–Trinajstić information content (AvgIpc) is 2.88. The third-order valence-corrected chi connectivity index (χ3v) is 9.30. The van der Waals surface area contributed by atoms with Crippen LogP contribution in [0, 0.1) is 39.9 Å².